The molecule has 7 nitrogen and oxygen atoms in total. The molecule has 0 spiro atoms. The van der Waals surface area contributed by atoms with E-state index >= 15 is 0 Å². The monoisotopic (exact) mass is 665 g/mol. The summed E-state index contributed by atoms with van der Waals surface area (Å²) in [6.45, 7) is 0. The lowest BCUT2D eigenvalue weighted by Gasteiger charge is -2.07. The lowest BCUT2D eigenvalue weighted by atomic mass is 10.1. The number of esters is 1. The molecule has 1 heterocycles. The van der Waals surface area contributed by atoms with Gasteiger partial charge in [-0.25, -0.2) is 10.2 Å². The van der Waals surface area contributed by atoms with Gasteiger partial charge in [0.15, 0.2) is 0 Å². The van der Waals surface area contributed by atoms with Crippen molar-refractivity contribution in [1.29, 1.82) is 0 Å². The van der Waals surface area contributed by atoms with Crippen LogP contribution >= 0.6 is 50.5 Å². The number of thiophene rings is 1. The van der Waals surface area contributed by atoms with Gasteiger partial charge in [0.2, 0.25) is 0 Å². The molecule has 5 aromatic rings. The molecule has 0 saturated heterocycles. The fourth-order valence-corrected chi connectivity index (χ4v) is 5.66. The maximum Gasteiger partial charge on any atom is 0.355 e. The zero-order valence-electron chi connectivity index (χ0n) is 20.9. The zero-order valence-corrected chi connectivity index (χ0v) is 24.8. The molecule has 41 heavy (non-hydrogen) atoms. The van der Waals surface area contributed by atoms with Crippen molar-refractivity contribution in [3.05, 3.63) is 127 Å². The van der Waals surface area contributed by atoms with Gasteiger partial charge in [0.05, 0.1) is 11.2 Å². The molecule has 204 valence electrons. The predicted octanol–water partition coefficient (Wildman–Crippen LogP) is 8.21. The SMILES string of the molecule is O=C(N/N=C\c1ccccc1OC(=O)c1sc2cc(Cl)ccc2c1Cl)c1ccc(NC(=O)c2ccc(Br)cc2)cc1. The lowest BCUT2D eigenvalue weighted by molar-refractivity contribution is 0.0739. The van der Waals surface area contributed by atoms with Crippen molar-refractivity contribution in [3.63, 3.8) is 0 Å². The summed E-state index contributed by atoms with van der Waals surface area (Å²) >= 11 is 17.0. The molecule has 0 radical (unpaired) electrons. The van der Waals surface area contributed by atoms with Gasteiger partial charge in [-0.05, 0) is 72.8 Å². The maximum atomic E-state index is 12.9. The van der Waals surface area contributed by atoms with Crippen molar-refractivity contribution in [1.82, 2.24) is 5.43 Å². The Bertz CT molecular complexity index is 1810. The van der Waals surface area contributed by atoms with Crippen LogP contribution in [0, 0.1) is 0 Å². The number of hydrogen-bond donors (Lipinski definition) is 2. The maximum absolute atomic E-state index is 12.9. The first kappa shape index (κ1) is 28.5. The first-order valence-corrected chi connectivity index (χ1v) is 14.3. The van der Waals surface area contributed by atoms with Crippen molar-refractivity contribution in [2.75, 3.05) is 5.32 Å². The van der Waals surface area contributed by atoms with Gasteiger partial charge < -0.3 is 10.1 Å². The summed E-state index contributed by atoms with van der Waals surface area (Å²) in [5.74, 6) is -1.10. The minimum Gasteiger partial charge on any atom is -0.422 e. The highest BCUT2D eigenvalue weighted by Crippen LogP contribution is 2.37. The minimum absolute atomic E-state index is 0.243. The lowest BCUT2D eigenvalue weighted by Crippen LogP contribution is -2.18. The molecular weight excluding hydrogens is 649 g/mol. The molecule has 2 N–H and O–H groups in total. The van der Waals surface area contributed by atoms with Gasteiger partial charge in [-0.2, -0.15) is 5.10 Å². The summed E-state index contributed by atoms with van der Waals surface area (Å²) in [6.07, 6.45) is 1.37. The Labute approximate surface area is 256 Å². The highest BCUT2D eigenvalue weighted by atomic mass is 79.9. The van der Waals surface area contributed by atoms with Crippen LogP contribution in [0.1, 0.15) is 36.0 Å². The van der Waals surface area contributed by atoms with Gasteiger partial charge in [-0.3, -0.25) is 9.59 Å². The Morgan fingerprint density at radius 3 is 2.29 bits per heavy atom. The summed E-state index contributed by atoms with van der Waals surface area (Å²) in [5, 5.41) is 8.34. The number of amides is 2. The van der Waals surface area contributed by atoms with Crippen molar-refractivity contribution in [3.8, 4) is 5.75 Å². The average molecular weight is 667 g/mol. The Morgan fingerprint density at radius 1 is 0.854 bits per heavy atom. The molecule has 0 atom stereocenters. The predicted molar refractivity (Wildman–Crippen MR) is 167 cm³/mol. The second kappa shape index (κ2) is 12.7. The number of nitrogens with one attached hydrogen (secondary N) is 2. The van der Waals surface area contributed by atoms with E-state index in [-0.39, 0.29) is 16.5 Å². The van der Waals surface area contributed by atoms with Gasteiger partial charge in [-0.1, -0.05) is 57.3 Å². The average Bonchev–Trinajstić information content (AvgIpc) is 3.29. The highest BCUT2D eigenvalue weighted by Gasteiger charge is 2.20. The summed E-state index contributed by atoms with van der Waals surface area (Å²) < 4.78 is 7.26. The van der Waals surface area contributed by atoms with Crippen LogP contribution in [-0.4, -0.2) is 24.0 Å². The Morgan fingerprint density at radius 2 is 1.54 bits per heavy atom. The van der Waals surface area contributed by atoms with Gasteiger partial charge in [0.1, 0.15) is 10.6 Å². The van der Waals surface area contributed by atoms with Crippen LogP contribution in [0.15, 0.2) is 101 Å². The number of halogens is 3. The third-order valence-electron chi connectivity index (χ3n) is 5.78. The number of rotatable bonds is 7. The van der Waals surface area contributed by atoms with E-state index in [1.54, 1.807) is 91.0 Å². The summed E-state index contributed by atoms with van der Waals surface area (Å²) in [7, 11) is 0. The van der Waals surface area contributed by atoms with Gasteiger partial charge >= 0.3 is 5.97 Å². The summed E-state index contributed by atoms with van der Waals surface area (Å²) in [5.41, 5.74) is 4.30. The Kier molecular flexibility index (Phi) is 8.80. The second-order valence-electron chi connectivity index (χ2n) is 8.55. The van der Waals surface area contributed by atoms with E-state index in [1.165, 1.54) is 17.6 Å². The molecule has 0 fully saturated rings. The van der Waals surface area contributed by atoms with Crippen LogP contribution in [-0.2, 0) is 0 Å². The Hall–Kier alpha value is -4.02. The van der Waals surface area contributed by atoms with E-state index in [9.17, 15) is 14.4 Å². The second-order valence-corrected chi connectivity index (χ2v) is 11.3. The van der Waals surface area contributed by atoms with Crippen LogP contribution < -0.4 is 15.5 Å². The number of fused-ring (bicyclic) bond motifs is 1. The number of anilines is 1. The van der Waals surface area contributed by atoms with E-state index in [0.29, 0.717) is 37.8 Å². The molecule has 0 bridgehead atoms. The smallest absolute Gasteiger partial charge is 0.355 e. The number of hydrazone groups is 1. The fourth-order valence-electron chi connectivity index (χ4n) is 3.73. The Balaban J connectivity index is 1.21. The van der Waals surface area contributed by atoms with Crippen molar-refractivity contribution < 1.29 is 19.1 Å². The number of benzene rings is 4. The first-order chi connectivity index (χ1) is 19.8. The van der Waals surface area contributed by atoms with E-state index in [2.05, 4.69) is 31.8 Å². The summed E-state index contributed by atoms with van der Waals surface area (Å²) in [4.78, 5) is 38.2. The molecule has 0 aliphatic rings. The molecule has 0 unspecified atom stereocenters. The first-order valence-electron chi connectivity index (χ1n) is 12.0. The van der Waals surface area contributed by atoms with Crippen LogP contribution in [0.5, 0.6) is 5.75 Å². The van der Waals surface area contributed by atoms with Crippen LogP contribution in [0.25, 0.3) is 10.1 Å². The molecule has 0 aliphatic heterocycles. The third-order valence-corrected chi connectivity index (χ3v) is 8.18. The van der Waals surface area contributed by atoms with E-state index in [1.807, 2.05) is 0 Å². The molecule has 0 aliphatic carbocycles. The fraction of sp³-hybridized carbons (Fsp3) is 0. The topological polar surface area (TPSA) is 96.9 Å². The highest BCUT2D eigenvalue weighted by molar-refractivity contribution is 9.10. The summed E-state index contributed by atoms with van der Waals surface area (Å²) in [6, 6.07) is 25.3. The largest absolute Gasteiger partial charge is 0.422 e. The number of nitrogens with zero attached hydrogens (tertiary/aromatic N) is 1. The molecule has 5 rings (SSSR count). The van der Waals surface area contributed by atoms with Gasteiger partial charge in [-0.15, -0.1) is 11.3 Å². The quantitative estimate of drug-likeness (QED) is 0.0792. The number of carbonyl (C=O) groups excluding carboxylic acids is 3. The van der Waals surface area contributed by atoms with Gasteiger partial charge in [0.25, 0.3) is 11.8 Å². The van der Waals surface area contributed by atoms with Crippen LogP contribution in [0.2, 0.25) is 10.0 Å². The molecule has 2 amide bonds. The third kappa shape index (κ3) is 6.83. The molecule has 0 saturated carbocycles. The number of para-hydroxylation sites is 1. The van der Waals surface area contributed by atoms with Crippen molar-refractivity contribution in [2.24, 2.45) is 5.10 Å². The molecule has 11 heteroatoms. The normalized spacial score (nSPS) is 11.0. The zero-order chi connectivity index (χ0) is 28.9. The van der Waals surface area contributed by atoms with Crippen LogP contribution in [0.4, 0.5) is 5.69 Å². The standard InChI is InChI=1S/C30H18BrCl2N3O4S/c31-20-9-5-17(6-10-20)28(37)35-22-12-7-18(8-13-22)29(38)36-34-16-19-3-1-2-4-24(19)40-30(39)27-26(33)23-14-11-21(32)15-25(23)41-27/h1-16H,(H,35,37)(H,36,38)/b34-16-. The number of ether oxygens (including phenoxy) is 1. The van der Waals surface area contributed by atoms with E-state index in [4.69, 9.17) is 27.9 Å². The van der Waals surface area contributed by atoms with Crippen LogP contribution in [0.3, 0.4) is 0 Å². The van der Waals surface area contributed by atoms with Crippen molar-refractivity contribution >= 4 is 90.2 Å². The number of hydrogen-bond acceptors (Lipinski definition) is 6. The molecule has 4 aromatic carbocycles. The van der Waals surface area contributed by atoms with Gasteiger partial charge in [0, 0.05) is 42.0 Å². The minimum atomic E-state index is -0.621. The van der Waals surface area contributed by atoms with E-state index < -0.39 is 11.9 Å². The molecular formula is C30H18BrCl2N3O4S. The van der Waals surface area contributed by atoms with Crippen molar-refractivity contribution in [2.45, 2.75) is 0 Å². The molecule has 1 aromatic heterocycles. The van der Waals surface area contributed by atoms with E-state index in [0.717, 1.165) is 9.17 Å². The number of carbonyl (C=O) groups is 3.